The van der Waals surface area contributed by atoms with Gasteiger partial charge in [-0.3, -0.25) is 4.79 Å². The molecule has 0 aliphatic carbocycles. The summed E-state index contributed by atoms with van der Waals surface area (Å²) in [5.74, 6) is 6.44. The van der Waals surface area contributed by atoms with Gasteiger partial charge in [0, 0.05) is 38.3 Å². The average molecular weight is 555 g/mol. The van der Waals surface area contributed by atoms with E-state index in [0.29, 0.717) is 28.7 Å². The van der Waals surface area contributed by atoms with E-state index in [1.54, 1.807) is 30.5 Å². The lowest BCUT2D eigenvalue weighted by Gasteiger charge is -2.13. The number of hydrogen-bond donors (Lipinski definition) is 3. The van der Waals surface area contributed by atoms with Crippen LogP contribution in [-0.4, -0.2) is 43.5 Å². The van der Waals surface area contributed by atoms with Crippen LogP contribution in [0.25, 0.3) is 16.4 Å². The van der Waals surface area contributed by atoms with E-state index in [9.17, 15) is 4.79 Å². The Morgan fingerprint density at radius 3 is 2.67 bits per heavy atom. The normalized spacial score (nSPS) is 13.6. The summed E-state index contributed by atoms with van der Waals surface area (Å²) in [6, 6.07) is 12.6. The summed E-state index contributed by atoms with van der Waals surface area (Å²) in [4.78, 5) is 17.1. The summed E-state index contributed by atoms with van der Waals surface area (Å²) >= 11 is 3.53. The van der Waals surface area contributed by atoms with Crippen molar-refractivity contribution in [1.82, 2.24) is 25.1 Å². The lowest BCUT2D eigenvalue weighted by Crippen LogP contribution is -2.34. The molecule has 1 amide bonds. The standard InChI is InChI=1S/C25H27BrN6O4/c1-14(10-16(3)36-27)22-29-30-23-19-6-4-5-7-20(19)25(31-32(22)23)35-13-18-9-8-17(11-21(18)26)24(34)28-15(2)12-33/h4-11,14-15,33H,12-13,27H2,1-3H3,(H,28,34)/b16-10-/t14?,15-/m1/s1. The van der Waals surface area contributed by atoms with Gasteiger partial charge in [0.1, 0.15) is 12.4 Å². The Bertz CT molecular complexity index is 1440. The third kappa shape index (κ3) is 5.32. The average Bonchev–Trinajstić information content (AvgIpc) is 3.31. The summed E-state index contributed by atoms with van der Waals surface area (Å²) in [7, 11) is 0. The second-order valence-electron chi connectivity index (χ2n) is 8.48. The highest BCUT2D eigenvalue weighted by Gasteiger charge is 2.19. The lowest BCUT2D eigenvalue weighted by molar-refractivity contribution is 0.0922. The second kappa shape index (κ2) is 11.0. The zero-order valence-electron chi connectivity index (χ0n) is 20.1. The molecular formula is C25H27BrN6O4. The Hall–Kier alpha value is -3.54. The Balaban J connectivity index is 1.65. The predicted molar refractivity (Wildman–Crippen MR) is 138 cm³/mol. The van der Waals surface area contributed by atoms with E-state index >= 15 is 0 Å². The van der Waals surface area contributed by atoms with E-state index in [4.69, 9.17) is 25.7 Å². The number of hydrogen-bond acceptors (Lipinski definition) is 8. The molecular weight excluding hydrogens is 528 g/mol. The topological polar surface area (TPSA) is 137 Å². The van der Waals surface area contributed by atoms with Crippen LogP contribution in [0.2, 0.25) is 0 Å². The number of aromatic nitrogens is 4. The van der Waals surface area contributed by atoms with Crippen molar-refractivity contribution in [3.05, 3.63) is 75.7 Å². The van der Waals surface area contributed by atoms with Gasteiger partial charge in [-0.15, -0.1) is 15.3 Å². The highest BCUT2D eigenvalue weighted by molar-refractivity contribution is 9.10. The van der Waals surface area contributed by atoms with Crippen LogP contribution < -0.4 is 16.0 Å². The summed E-state index contributed by atoms with van der Waals surface area (Å²) in [6.45, 7) is 5.52. The van der Waals surface area contributed by atoms with Crippen molar-refractivity contribution in [2.75, 3.05) is 6.61 Å². The van der Waals surface area contributed by atoms with Crippen molar-refractivity contribution < 1.29 is 19.5 Å². The second-order valence-corrected chi connectivity index (χ2v) is 9.33. The van der Waals surface area contributed by atoms with Crippen molar-refractivity contribution in [3.63, 3.8) is 0 Å². The molecule has 10 nitrogen and oxygen atoms in total. The van der Waals surface area contributed by atoms with E-state index in [-0.39, 0.29) is 31.1 Å². The number of nitrogens with one attached hydrogen (secondary N) is 1. The number of allylic oxidation sites excluding steroid dienone is 2. The molecule has 2 aromatic heterocycles. The SMILES string of the molecule is C/C(=C/C(C)c1nnc2c3ccccc3c(OCc3ccc(C(=O)N[C@H](C)CO)cc3Br)nn12)ON. The summed E-state index contributed by atoms with van der Waals surface area (Å²) < 4.78 is 8.57. The number of ether oxygens (including phenoxy) is 1. The molecule has 0 radical (unpaired) electrons. The highest BCUT2D eigenvalue weighted by Crippen LogP contribution is 2.29. The first-order valence-electron chi connectivity index (χ1n) is 11.3. The van der Waals surface area contributed by atoms with Gasteiger partial charge in [-0.2, -0.15) is 10.4 Å². The minimum Gasteiger partial charge on any atom is -0.471 e. The Kier molecular flexibility index (Phi) is 7.82. The molecule has 0 spiro atoms. The fraction of sp³-hybridized carbons (Fsp3) is 0.280. The number of aliphatic hydroxyl groups excluding tert-OH is 1. The van der Waals surface area contributed by atoms with Crippen LogP contribution in [0, 0.1) is 0 Å². The molecule has 4 rings (SSSR count). The zero-order chi connectivity index (χ0) is 25.8. The van der Waals surface area contributed by atoms with E-state index in [0.717, 1.165) is 20.8 Å². The molecule has 0 fully saturated rings. The van der Waals surface area contributed by atoms with E-state index in [1.165, 1.54) is 0 Å². The van der Waals surface area contributed by atoms with Crippen molar-refractivity contribution in [3.8, 4) is 5.88 Å². The molecule has 4 aromatic rings. The minimum atomic E-state index is -0.332. The number of carbonyl (C=O) groups is 1. The van der Waals surface area contributed by atoms with Crippen molar-refractivity contribution in [2.45, 2.75) is 39.3 Å². The molecule has 1 unspecified atom stereocenters. The number of benzene rings is 2. The van der Waals surface area contributed by atoms with Crippen LogP contribution in [0.1, 0.15) is 48.4 Å². The van der Waals surface area contributed by atoms with Crippen molar-refractivity contribution in [1.29, 1.82) is 0 Å². The van der Waals surface area contributed by atoms with Crippen molar-refractivity contribution in [2.24, 2.45) is 5.90 Å². The molecule has 2 heterocycles. The number of carbonyl (C=O) groups excluding carboxylic acids is 1. The number of halogens is 1. The van der Waals surface area contributed by atoms with Crippen LogP contribution in [0.5, 0.6) is 5.88 Å². The lowest BCUT2D eigenvalue weighted by atomic mass is 10.1. The van der Waals surface area contributed by atoms with Gasteiger partial charge in [-0.1, -0.05) is 47.1 Å². The molecule has 11 heteroatoms. The Labute approximate surface area is 216 Å². The van der Waals surface area contributed by atoms with E-state index in [1.807, 2.05) is 43.3 Å². The third-order valence-electron chi connectivity index (χ3n) is 5.66. The number of amides is 1. The van der Waals surface area contributed by atoms with Crippen LogP contribution >= 0.6 is 15.9 Å². The van der Waals surface area contributed by atoms with Gasteiger partial charge in [-0.05, 0) is 38.1 Å². The largest absolute Gasteiger partial charge is 0.471 e. The molecule has 0 bridgehead atoms. The van der Waals surface area contributed by atoms with Crippen molar-refractivity contribution >= 4 is 38.3 Å². The maximum absolute atomic E-state index is 12.4. The maximum atomic E-state index is 12.4. The first-order valence-corrected chi connectivity index (χ1v) is 12.1. The van der Waals surface area contributed by atoms with Crippen LogP contribution in [0.15, 0.2) is 58.8 Å². The van der Waals surface area contributed by atoms with Gasteiger partial charge >= 0.3 is 0 Å². The quantitative estimate of drug-likeness (QED) is 0.210. The molecule has 0 aliphatic rings. The predicted octanol–water partition coefficient (Wildman–Crippen LogP) is 3.63. The van der Waals surface area contributed by atoms with Gasteiger partial charge in [0.05, 0.1) is 6.61 Å². The summed E-state index contributed by atoms with van der Waals surface area (Å²) in [5.41, 5.74) is 1.93. The van der Waals surface area contributed by atoms with Crippen LogP contribution in [-0.2, 0) is 11.4 Å². The molecule has 188 valence electrons. The molecule has 2 aromatic carbocycles. The highest BCUT2D eigenvalue weighted by atomic mass is 79.9. The van der Waals surface area contributed by atoms with E-state index < -0.39 is 0 Å². The fourth-order valence-corrected chi connectivity index (χ4v) is 4.22. The van der Waals surface area contributed by atoms with Crippen LogP contribution in [0.3, 0.4) is 0 Å². The molecule has 4 N–H and O–H groups in total. The zero-order valence-corrected chi connectivity index (χ0v) is 21.7. The summed E-state index contributed by atoms with van der Waals surface area (Å²) in [5, 5.41) is 27.0. The molecule has 0 saturated carbocycles. The molecule has 0 aliphatic heterocycles. The number of nitrogens with two attached hydrogens (primary N) is 1. The minimum absolute atomic E-state index is 0.131. The molecule has 36 heavy (non-hydrogen) atoms. The number of nitrogens with zero attached hydrogens (tertiary/aromatic N) is 4. The Morgan fingerprint density at radius 1 is 1.22 bits per heavy atom. The first-order chi connectivity index (χ1) is 17.3. The first kappa shape index (κ1) is 25.5. The fourth-order valence-electron chi connectivity index (χ4n) is 3.73. The van der Waals surface area contributed by atoms with Gasteiger partial charge < -0.3 is 20.0 Å². The molecule has 2 atom stereocenters. The monoisotopic (exact) mass is 554 g/mol. The van der Waals surface area contributed by atoms with Gasteiger partial charge in [0.25, 0.3) is 5.91 Å². The smallest absolute Gasteiger partial charge is 0.251 e. The number of fused-ring (bicyclic) bond motifs is 3. The third-order valence-corrected chi connectivity index (χ3v) is 6.40. The van der Waals surface area contributed by atoms with Crippen LogP contribution in [0.4, 0.5) is 0 Å². The van der Waals surface area contributed by atoms with Gasteiger partial charge in [0.2, 0.25) is 5.88 Å². The van der Waals surface area contributed by atoms with E-state index in [2.05, 4.69) is 31.4 Å². The maximum Gasteiger partial charge on any atom is 0.251 e. The van der Waals surface area contributed by atoms with Gasteiger partial charge in [-0.25, -0.2) is 0 Å². The Morgan fingerprint density at radius 2 is 1.97 bits per heavy atom. The summed E-state index contributed by atoms with van der Waals surface area (Å²) in [6.07, 6.45) is 1.84. The molecule has 0 saturated heterocycles. The number of aliphatic hydroxyl groups is 1. The number of rotatable bonds is 9. The van der Waals surface area contributed by atoms with Gasteiger partial charge in [0.15, 0.2) is 11.5 Å².